The minimum absolute atomic E-state index is 0.0542. The highest BCUT2D eigenvalue weighted by molar-refractivity contribution is 6.06. The summed E-state index contributed by atoms with van der Waals surface area (Å²) >= 11 is 0. The van der Waals surface area contributed by atoms with Gasteiger partial charge in [-0.15, -0.1) is 0 Å². The second-order valence-corrected chi connectivity index (χ2v) is 10.3. The zero-order chi connectivity index (χ0) is 25.9. The number of halogens is 3. The molecule has 0 radical (unpaired) electrons. The quantitative estimate of drug-likeness (QED) is 0.621. The summed E-state index contributed by atoms with van der Waals surface area (Å²) in [4.78, 5) is 30.4. The largest absolute Gasteiger partial charge is 0.489 e. The third-order valence-corrected chi connectivity index (χ3v) is 8.09. The van der Waals surface area contributed by atoms with Crippen molar-refractivity contribution in [2.45, 2.75) is 74.9 Å². The van der Waals surface area contributed by atoms with Gasteiger partial charge in [0.05, 0.1) is 17.5 Å². The Morgan fingerprint density at radius 2 is 1.95 bits per heavy atom. The second kappa shape index (κ2) is 8.71. The first-order chi connectivity index (χ1) is 17.7. The number of nitrogens with zero attached hydrogens (tertiary/aromatic N) is 5. The molecule has 9 nitrogen and oxygen atoms in total. The number of amides is 1. The maximum atomic E-state index is 13.5. The smallest absolute Gasteiger partial charge is 0.433 e. The number of aromatic nitrogens is 3. The second-order valence-electron chi connectivity index (χ2n) is 10.3. The number of pyridine rings is 1. The Labute approximate surface area is 212 Å². The fourth-order valence-corrected chi connectivity index (χ4v) is 5.89. The average Bonchev–Trinajstić information content (AvgIpc) is 2.82. The molecule has 0 spiro atoms. The van der Waals surface area contributed by atoms with Crippen LogP contribution in [0.4, 0.5) is 30.6 Å². The van der Waals surface area contributed by atoms with Crippen LogP contribution in [-0.2, 0) is 22.1 Å². The van der Waals surface area contributed by atoms with Crippen LogP contribution in [0.25, 0.3) is 0 Å². The first-order valence-corrected chi connectivity index (χ1v) is 12.7. The molecule has 2 aromatic heterocycles. The highest BCUT2D eigenvalue weighted by atomic mass is 19.4. The predicted octanol–water partition coefficient (Wildman–Crippen LogP) is 3.58. The molecule has 198 valence electrons. The molecule has 2 aliphatic carbocycles. The molecule has 0 aromatic carbocycles. The molecule has 2 aliphatic heterocycles. The molecule has 12 heteroatoms. The Hall–Kier alpha value is -3.15. The summed E-state index contributed by atoms with van der Waals surface area (Å²) < 4.78 is 49.8. The van der Waals surface area contributed by atoms with E-state index in [0.29, 0.717) is 31.1 Å². The summed E-state index contributed by atoms with van der Waals surface area (Å²) in [6.45, 7) is 0.652. The van der Waals surface area contributed by atoms with Gasteiger partial charge in [-0.05, 0) is 44.2 Å². The molecule has 0 unspecified atom stereocenters. The van der Waals surface area contributed by atoms with E-state index in [-0.39, 0.29) is 18.1 Å². The average molecular weight is 519 g/mol. The monoisotopic (exact) mass is 518 g/mol. The van der Waals surface area contributed by atoms with E-state index in [2.05, 4.69) is 10.3 Å². The maximum absolute atomic E-state index is 13.5. The Balaban J connectivity index is 1.16. The number of rotatable bonds is 6. The number of carbonyl (C=O) groups excluding carboxylic acids is 1. The molecular formula is C25H29F3N6O3. The van der Waals surface area contributed by atoms with Gasteiger partial charge in [-0.3, -0.25) is 4.79 Å². The Bertz CT molecular complexity index is 1190. The predicted molar refractivity (Wildman–Crippen MR) is 129 cm³/mol. The van der Waals surface area contributed by atoms with Crippen molar-refractivity contribution in [1.29, 1.82) is 0 Å². The molecule has 1 atom stereocenters. The van der Waals surface area contributed by atoms with Crippen molar-refractivity contribution in [2.24, 2.45) is 0 Å². The van der Waals surface area contributed by atoms with Crippen molar-refractivity contribution in [3.05, 3.63) is 29.7 Å². The highest BCUT2D eigenvalue weighted by Crippen LogP contribution is 2.47. The van der Waals surface area contributed by atoms with Gasteiger partial charge in [-0.2, -0.15) is 18.2 Å². The third kappa shape index (κ3) is 4.05. The summed E-state index contributed by atoms with van der Waals surface area (Å²) in [5.41, 5.74) is 0.227. The van der Waals surface area contributed by atoms with E-state index in [1.807, 2.05) is 16.8 Å². The Kier molecular flexibility index (Phi) is 5.70. The number of hydrogen-bond acceptors (Lipinski definition) is 8. The van der Waals surface area contributed by atoms with Gasteiger partial charge < -0.3 is 24.6 Å². The fraction of sp³-hybridized carbons (Fsp3) is 0.600. The van der Waals surface area contributed by atoms with Gasteiger partial charge in [0.1, 0.15) is 29.3 Å². The number of methoxy groups -OCH3 is 1. The molecule has 6 rings (SSSR count). The first-order valence-electron chi connectivity index (χ1n) is 12.7. The SMILES string of the molecule is COC1([C@H]2C(=O)N3CCCc4nc(NC5CC(Oc6ccc(C(F)(F)F)nc6)C5)nc(c43)N2C)CCC1. The summed E-state index contributed by atoms with van der Waals surface area (Å²) in [5.74, 6) is 1.61. The van der Waals surface area contributed by atoms with Crippen LogP contribution < -0.4 is 19.9 Å². The lowest BCUT2D eigenvalue weighted by molar-refractivity contribution is -0.141. The topological polar surface area (TPSA) is 92.7 Å². The molecular weight excluding hydrogens is 489 g/mol. The fourth-order valence-electron chi connectivity index (χ4n) is 5.89. The van der Waals surface area contributed by atoms with Crippen molar-refractivity contribution >= 4 is 23.4 Å². The van der Waals surface area contributed by atoms with E-state index in [0.717, 1.165) is 61.6 Å². The first kappa shape index (κ1) is 24.2. The number of likely N-dealkylation sites (N-methyl/N-ethyl adjacent to an activating group) is 1. The summed E-state index contributed by atoms with van der Waals surface area (Å²) in [6.07, 6.45) is 2.15. The van der Waals surface area contributed by atoms with Crippen molar-refractivity contribution in [3.63, 3.8) is 0 Å². The molecule has 2 saturated carbocycles. The van der Waals surface area contributed by atoms with Gasteiger partial charge in [-0.1, -0.05) is 0 Å². The van der Waals surface area contributed by atoms with E-state index >= 15 is 0 Å². The minimum Gasteiger partial charge on any atom is -0.489 e. The molecule has 2 aromatic rings. The number of aryl methyl sites for hydroxylation is 1. The van der Waals surface area contributed by atoms with Crippen LogP contribution in [0.15, 0.2) is 18.3 Å². The lowest BCUT2D eigenvalue weighted by atomic mass is 9.72. The van der Waals surface area contributed by atoms with Gasteiger partial charge in [0.25, 0.3) is 5.91 Å². The molecule has 0 bridgehead atoms. The van der Waals surface area contributed by atoms with E-state index < -0.39 is 23.5 Å². The summed E-state index contributed by atoms with van der Waals surface area (Å²) in [7, 11) is 3.59. The normalized spacial score (nSPS) is 26.2. The number of carbonyl (C=O) groups is 1. The Morgan fingerprint density at radius 3 is 2.57 bits per heavy atom. The zero-order valence-electron chi connectivity index (χ0n) is 20.7. The van der Waals surface area contributed by atoms with E-state index in [1.165, 1.54) is 6.07 Å². The van der Waals surface area contributed by atoms with Crippen molar-refractivity contribution in [1.82, 2.24) is 15.0 Å². The van der Waals surface area contributed by atoms with Crippen LogP contribution in [0.2, 0.25) is 0 Å². The third-order valence-electron chi connectivity index (χ3n) is 8.09. The van der Waals surface area contributed by atoms with Gasteiger partial charge in [0.2, 0.25) is 5.95 Å². The number of nitrogens with one attached hydrogen (secondary N) is 1. The molecule has 4 heterocycles. The zero-order valence-corrected chi connectivity index (χ0v) is 20.7. The number of hydrogen-bond donors (Lipinski definition) is 1. The Morgan fingerprint density at radius 1 is 1.16 bits per heavy atom. The van der Waals surface area contributed by atoms with Crippen LogP contribution in [0.3, 0.4) is 0 Å². The van der Waals surface area contributed by atoms with Gasteiger partial charge in [0, 0.05) is 39.6 Å². The molecule has 1 N–H and O–H groups in total. The minimum atomic E-state index is -4.47. The molecule has 4 aliphatic rings. The molecule has 2 fully saturated rings. The van der Waals surface area contributed by atoms with Crippen LogP contribution in [0, 0.1) is 0 Å². The summed E-state index contributed by atoms with van der Waals surface area (Å²) in [6, 6.07) is 1.86. The van der Waals surface area contributed by atoms with Crippen molar-refractivity contribution < 1.29 is 27.4 Å². The van der Waals surface area contributed by atoms with Crippen LogP contribution in [0.5, 0.6) is 5.75 Å². The van der Waals surface area contributed by atoms with Gasteiger partial charge in [-0.25, -0.2) is 9.97 Å². The number of ether oxygens (including phenoxy) is 2. The van der Waals surface area contributed by atoms with Crippen molar-refractivity contribution in [2.75, 3.05) is 35.8 Å². The van der Waals surface area contributed by atoms with Crippen LogP contribution >= 0.6 is 0 Å². The lowest BCUT2D eigenvalue weighted by Gasteiger charge is -2.53. The standard InChI is InChI=1S/C25H29F3N6O3/c1-33-20(24(36-2)8-4-9-24)22(35)34-10-3-5-17-19(34)21(33)32-23(31-17)30-14-11-16(12-14)37-15-6-7-18(29-13-15)25(26,27)28/h6-7,13-14,16,20H,3-5,8-12H2,1-2H3,(H,30,31,32)/t14?,16?,20-/m1/s1. The number of anilines is 3. The van der Waals surface area contributed by atoms with Gasteiger partial charge >= 0.3 is 6.18 Å². The maximum Gasteiger partial charge on any atom is 0.433 e. The van der Waals surface area contributed by atoms with E-state index in [4.69, 9.17) is 19.4 Å². The lowest BCUT2D eigenvalue weighted by Crippen LogP contribution is -2.66. The van der Waals surface area contributed by atoms with E-state index in [9.17, 15) is 18.0 Å². The van der Waals surface area contributed by atoms with Crippen LogP contribution in [0.1, 0.15) is 49.9 Å². The highest BCUT2D eigenvalue weighted by Gasteiger charge is 2.55. The molecule has 0 saturated heterocycles. The summed E-state index contributed by atoms with van der Waals surface area (Å²) in [5, 5.41) is 3.39. The van der Waals surface area contributed by atoms with Crippen molar-refractivity contribution in [3.8, 4) is 5.75 Å². The number of alkyl halides is 3. The van der Waals surface area contributed by atoms with E-state index in [1.54, 1.807) is 7.11 Å². The molecule has 37 heavy (non-hydrogen) atoms. The van der Waals surface area contributed by atoms with Gasteiger partial charge in [0.15, 0.2) is 5.82 Å². The van der Waals surface area contributed by atoms with Crippen LogP contribution in [-0.4, -0.2) is 65.4 Å². The molecule has 1 amide bonds.